The molecule has 1 aliphatic heterocycles. The highest BCUT2D eigenvalue weighted by Gasteiger charge is 2.53. The summed E-state index contributed by atoms with van der Waals surface area (Å²) in [5.41, 5.74) is 26.3. The molecular formula is C76H57BO2. The lowest BCUT2D eigenvalue weighted by Gasteiger charge is -2.32. The minimum atomic E-state index is -0.415. The lowest BCUT2D eigenvalue weighted by Crippen LogP contribution is -2.41. The molecule has 4 aliphatic carbocycles. The van der Waals surface area contributed by atoms with Gasteiger partial charge in [0.15, 0.2) is 0 Å². The molecule has 2 nitrogen and oxygen atoms in total. The molecule has 3 heteroatoms. The molecule has 1 saturated heterocycles. The van der Waals surface area contributed by atoms with Crippen molar-refractivity contribution in [2.24, 2.45) is 5.92 Å². The summed E-state index contributed by atoms with van der Waals surface area (Å²) in [4.78, 5) is 0. The Hall–Kier alpha value is -8.86. The van der Waals surface area contributed by atoms with E-state index in [0.29, 0.717) is 11.8 Å². The van der Waals surface area contributed by atoms with E-state index in [0.717, 1.165) is 16.6 Å². The van der Waals surface area contributed by atoms with Crippen molar-refractivity contribution in [1.82, 2.24) is 0 Å². The van der Waals surface area contributed by atoms with E-state index in [1.165, 1.54) is 122 Å². The molecule has 79 heavy (non-hydrogen) atoms. The first-order chi connectivity index (χ1) is 38.7. The van der Waals surface area contributed by atoms with Gasteiger partial charge in [0.05, 0.1) is 11.2 Å². The average molecular weight is 1010 g/mol. The molecule has 1 fully saturated rings. The molecule has 5 aliphatic rings. The topological polar surface area (TPSA) is 18.5 Å². The van der Waals surface area contributed by atoms with E-state index in [9.17, 15) is 0 Å². The SMILES string of the molecule is C1=CC2c3ccccc3C3=Cc4c(ccc5cc6c(cc45)-c4cccc5c(-c7c(-c8ccccc8)cccc7-c7ccccc7)ccc-6c45)C(=C1)C32.CC1(C)OB(c2c(-c3ccccc3)cccc2-c2ccccc2)OC1(C)C. The van der Waals surface area contributed by atoms with Gasteiger partial charge in [0.1, 0.15) is 0 Å². The van der Waals surface area contributed by atoms with Crippen molar-refractivity contribution in [2.45, 2.75) is 44.8 Å². The molecule has 0 bridgehead atoms. The highest BCUT2D eigenvalue weighted by molar-refractivity contribution is 6.65. The van der Waals surface area contributed by atoms with Gasteiger partial charge in [-0.1, -0.05) is 243 Å². The molecule has 0 N–H and O–H groups in total. The van der Waals surface area contributed by atoms with Gasteiger partial charge in [-0.25, -0.2) is 0 Å². The Bertz CT molecular complexity index is 4230. The Morgan fingerprint density at radius 3 is 1.48 bits per heavy atom. The van der Waals surface area contributed by atoms with Gasteiger partial charge in [0.2, 0.25) is 0 Å². The minimum Gasteiger partial charge on any atom is -0.399 e. The first kappa shape index (κ1) is 47.4. The summed E-state index contributed by atoms with van der Waals surface area (Å²) in [5.74, 6) is 0.819. The van der Waals surface area contributed by atoms with Crippen LogP contribution in [0.3, 0.4) is 0 Å². The van der Waals surface area contributed by atoms with E-state index in [2.05, 4.69) is 276 Å². The maximum absolute atomic E-state index is 6.45. The number of benzene rings is 11. The number of hydrogen-bond donors (Lipinski definition) is 0. The number of fused-ring (bicyclic) bond motifs is 10. The second-order valence-corrected chi connectivity index (χ2v) is 22.8. The fourth-order valence-corrected chi connectivity index (χ4v) is 13.5. The van der Waals surface area contributed by atoms with Gasteiger partial charge < -0.3 is 9.31 Å². The van der Waals surface area contributed by atoms with Crippen molar-refractivity contribution in [1.29, 1.82) is 0 Å². The second-order valence-electron chi connectivity index (χ2n) is 22.8. The van der Waals surface area contributed by atoms with Gasteiger partial charge in [-0.3, -0.25) is 0 Å². The van der Waals surface area contributed by atoms with Crippen LogP contribution in [0.5, 0.6) is 0 Å². The zero-order valence-corrected chi connectivity index (χ0v) is 44.9. The molecule has 11 aromatic carbocycles. The van der Waals surface area contributed by atoms with Crippen molar-refractivity contribution in [2.75, 3.05) is 0 Å². The fraction of sp³-hybridized carbons (Fsp3) is 0.105. The predicted octanol–water partition coefficient (Wildman–Crippen LogP) is 19.2. The summed E-state index contributed by atoms with van der Waals surface area (Å²) < 4.78 is 12.9. The van der Waals surface area contributed by atoms with Crippen LogP contribution in [0.15, 0.2) is 255 Å². The molecule has 0 saturated carbocycles. The molecule has 376 valence electrons. The first-order valence-electron chi connectivity index (χ1n) is 27.9. The molecule has 2 unspecified atom stereocenters. The van der Waals surface area contributed by atoms with E-state index < -0.39 is 7.12 Å². The molecular weight excluding hydrogens is 956 g/mol. The number of hydrogen-bond acceptors (Lipinski definition) is 2. The van der Waals surface area contributed by atoms with Crippen molar-refractivity contribution >= 4 is 51.3 Å². The molecule has 0 radical (unpaired) electrons. The van der Waals surface area contributed by atoms with Crippen molar-refractivity contribution in [3.63, 3.8) is 0 Å². The maximum Gasteiger partial charge on any atom is 0.496 e. The Kier molecular flexibility index (Phi) is 11.0. The highest BCUT2D eigenvalue weighted by Crippen LogP contribution is 2.59. The monoisotopic (exact) mass is 1010 g/mol. The largest absolute Gasteiger partial charge is 0.496 e. The molecule has 1 heterocycles. The molecule has 0 spiro atoms. The number of allylic oxidation sites excluding steroid dienone is 5. The molecule has 0 aromatic heterocycles. The Labute approximate surface area is 463 Å². The van der Waals surface area contributed by atoms with Gasteiger partial charge >= 0.3 is 7.12 Å². The van der Waals surface area contributed by atoms with Crippen LogP contribution in [-0.4, -0.2) is 18.3 Å². The van der Waals surface area contributed by atoms with Gasteiger partial charge in [-0.15, -0.1) is 0 Å². The average Bonchev–Trinajstić information content (AvgIpc) is 4.22. The van der Waals surface area contributed by atoms with E-state index in [1.54, 1.807) is 0 Å². The van der Waals surface area contributed by atoms with Crippen LogP contribution in [0.2, 0.25) is 0 Å². The molecule has 0 amide bonds. The summed E-state index contributed by atoms with van der Waals surface area (Å²) in [6.45, 7) is 8.39. The Morgan fingerprint density at radius 2 is 0.861 bits per heavy atom. The van der Waals surface area contributed by atoms with Gasteiger partial charge in [-0.05, 0) is 184 Å². The third-order valence-electron chi connectivity index (χ3n) is 18.0. The van der Waals surface area contributed by atoms with Gasteiger partial charge in [0, 0.05) is 11.8 Å². The van der Waals surface area contributed by atoms with Crippen LogP contribution in [0.1, 0.15) is 55.9 Å². The van der Waals surface area contributed by atoms with E-state index in [4.69, 9.17) is 9.31 Å². The summed E-state index contributed by atoms with van der Waals surface area (Å²) in [6.07, 6.45) is 9.58. The summed E-state index contributed by atoms with van der Waals surface area (Å²) in [5, 5.41) is 5.29. The second kappa shape index (κ2) is 18.4. The third kappa shape index (κ3) is 7.55. The van der Waals surface area contributed by atoms with Gasteiger partial charge in [-0.2, -0.15) is 0 Å². The Balaban J connectivity index is 0.000000169. The summed E-state index contributed by atoms with van der Waals surface area (Å²) in [7, 11) is -0.415. The first-order valence-corrected chi connectivity index (χ1v) is 27.9. The summed E-state index contributed by atoms with van der Waals surface area (Å²) >= 11 is 0. The predicted molar refractivity (Wildman–Crippen MR) is 333 cm³/mol. The van der Waals surface area contributed by atoms with E-state index in [1.807, 2.05) is 12.1 Å². The lowest BCUT2D eigenvalue weighted by atomic mass is 9.70. The highest BCUT2D eigenvalue weighted by atomic mass is 16.7. The van der Waals surface area contributed by atoms with Crippen LogP contribution >= 0.6 is 0 Å². The van der Waals surface area contributed by atoms with E-state index in [-0.39, 0.29) is 11.2 Å². The minimum absolute atomic E-state index is 0.380. The zero-order valence-electron chi connectivity index (χ0n) is 44.9. The number of rotatable bonds is 6. The normalized spacial score (nSPS) is 17.3. The smallest absolute Gasteiger partial charge is 0.399 e. The van der Waals surface area contributed by atoms with Crippen LogP contribution < -0.4 is 5.46 Å². The fourth-order valence-electron chi connectivity index (χ4n) is 13.5. The van der Waals surface area contributed by atoms with Crippen LogP contribution in [0.4, 0.5) is 0 Å². The van der Waals surface area contributed by atoms with Crippen molar-refractivity contribution < 1.29 is 9.31 Å². The maximum atomic E-state index is 6.45. The molecule has 11 aromatic rings. The molecule has 16 rings (SSSR count). The Morgan fingerprint density at radius 1 is 0.380 bits per heavy atom. The van der Waals surface area contributed by atoms with E-state index >= 15 is 0 Å². The zero-order chi connectivity index (χ0) is 53.0. The molecule has 2 atom stereocenters. The van der Waals surface area contributed by atoms with Crippen LogP contribution in [0.25, 0.3) is 117 Å². The third-order valence-corrected chi connectivity index (χ3v) is 18.0. The van der Waals surface area contributed by atoms with Crippen LogP contribution in [0, 0.1) is 5.92 Å². The van der Waals surface area contributed by atoms with Gasteiger partial charge in [0.25, 0.3) is 0 Å². The lowest BCUT2D eigenvalue weighted by molar-refractivity contribution is 0.00578. The van der Waals surface area contributed by atoms with Crippen molar-refractivity contribution in [3.05, 3.63) is 277 Å². The van der Waals surface area contributed by atoms with Crippen LogP contribution in [-0.2, 0) is 9.31 Å². The quantitative estimate of drug-likeness (QED) is 0.155. The van der Waals surface area contributed by atoms with Crippen molar-refractivity contribution in [3.8, 4) is 77.9 Å². The summed E-state index contributed by atoms with van der Waals surface area (Å²) in [6, 6.07) is 86.3. The standard InChI is InChI=1S/C52H32.C24H25BO2/c1-3-12-31(13-4-1)34-18-9-19-35(32-14-5-2-6-15-32)50(34)43-26-27-44-46-28-33-24-25-38-40-21-10-20-39-36-16-7-8-17-37(36)49(52(39)40)30-47(38)45(33)29-48(46)42-23-11-22-41(43)51(42)44;1-23(2)24(3,4)27-25(26-23)22-20(18-12-7-5-8-13-18)16-11-17-21(22)19-14-9-6-10-15-19/h1-30,39,52H;5-17H,1-4H3.